The van der Waals surface area contributed by atoms with Crippen molar-refractivity contribution in [3.8, 4) is 0 Å². The van der Waals surface area contributed by atoms with Crippen LogP contribution in [0.25, 0.3) is 0 Å². The van der Waals surface area contributed by atoms with E-state index in [0.717, 1.165) is 31.3 Å². The van der Waals surface area contributed by atoms with Gasteiger partial charge >= 0.3 is 0 Å². The van der Waals surface area contributed by atoms with Crippen molar-refractivity contribution in [1.82, 2.24) is 9.55 Å². The highest BCUT2D eigenvalue weighted by Gasteiger charge is 2.25. The summed E-state index contributed by atoms with van der Waals surface area (Å²) in [5.74, 6) is 1.68. The molecule has 0 bridgehead atoms. The van der Waals surface area contributed by atoms with Gasteiger partial charge in [-0.2, -0.15) is 0 Å². The fraction of sp³-hybridized carbons (Fsp3) is 0.812. The van der Waals surface area contributed by atoms with Gasteiger partial charge in [-0.3, -0.25) is 0 Å². The molecule has 1 aliphatic heterocycles. The van der Waals surface area contributed by atoms with Crippen LogP contribution >= 0.6 is 0 Å². The van der Waals surface area contributed by atoms with Gasteiger partial charge in [0.1, 0.15) is 0 Å². The van der Waals surface area contributed by atoms with E-state index in [4.69, 9.17) is 9.72 Å². The minimum atomic E-state index is 0.432. The van der Waals surface area contributed by atoms with E-state index in [0.29, 0.717) is 18.0 Å². The smallest absolute Gasteiger partial charge is 0.203 e. The topological polar surface area (TPSA) is 39.1 Å². The van der Waals surface area contributed by atoms with Gasteiger partial charge in [0, 0.05) is 30.8 Å². The Bertz CT molecular complexity index is 431. The fourth-order valence-electron chi connectivity index (χ4n) is 3.53. The average Bonchev–Trinajstić information content (AvgIpc) is 3.09. The number of ether oxygens (including phenoxy) is 1. The molecule has 2 unspecified atom stereocenters. The van der Waals surface area contributed by atoms with Gasteiger partial charge in [0.15, 0.2) is 0 Å². The Morgan fingerprint density at radius 1 is 1.30 bits per heavy atom. The van der Waals surface area contributed by atoms with Gasteiger partial charge in [-0.15, -0.1) is 0 Å². The van der Waals surface area contributed by atoms with E-state index in [1.807, 2.05) is 0 Å². The monoisotopic (exact) mass is 277 g/mol. The molecule has 2 aliphatic rings. The van der Waals surface area contributed by atoms with Gasteiger partial charge in [0.2, 0.25) is 5.95 Å². The minimum Gasteiger partial charge on any atom is -0.381 e. The highest BCUT2D eigenvalue weighted by Crippen LogP contribution is 2.31. The van der Waals surface area contributed by atoms with Crippen LogP contribution in [0.15, 0.2) is 6.20 Å². The lowest BCUT2D eigenvalue weighted by Crippen LogP contribution is -2.28. The Hall–Kier alpha value is -1.03. The molecule has 4 nitrogen and oxygen atoms in total. The Morgan fingerprint density at radius 3 is 2.80 bits per heavy atom. The van der Waals surface area contributed by atoms with Crippen LogP contribution in [0.5, 0.6) is 0 Å². The lowest BCUT2D eigenvalue weighted by atomic mass is 9.95. The van der Waals surface area contributed by atoms with Gasteiger partial charge in [-0.1, -0.05) is 19.3 Å². The number of aryl methyl sites for hydroxylation is 1. The van der Waals surface area contributed by atoms with Crippen LogP contribution in [0.4, 0.5) is 5.95 Å². The van der Waals surface area contributed by atoms with E-state index < -0.39 is 0 Å². The maximum Gasteiger partial charge on any atom is 0.203 e. The van der Waals surface area contributed by atoms with E-state index in [2.05, 4.69) is 29.9 Å². The molecule has 0 aromatic carbocycles. The normalized spacial score (nSPS) is 25.8. The number of nitrogens with zero attached hydrogens (tertiary/aromatic N) is 2. The number of anilines is 1. The van der Waals surface area contributed by atoms with E-state index in [9.17, 15) is 0 Å². The van der Waals surface area contributed by atoms with Gasteiger partial charge in [0.25, 0.3) is 0 Å². The molecule has 2 fully saturated rings. The molecule has 2 heterocycles. The average molecular weight is 277 g/mol. The van der Waals surface area contributed by atoms with Crippen molar-refractivity contribution in [2.24, 2.45) is 5.92 Å². The zero-order valence-electron chi connectivity index (χ0n) is 12.8. The van der Waals surface area contributed by atoms with Crippen molar-refractivity contribution in [3.63, 3.8) is 0 Å². The van der Waals surface area contributed by atoms with Crippen LogP contribution in [-0.4, -0.2) is 28.8 Å². The summed E-state index contributed by atoms with van der Waals surface area (Å²) in [7, 11) is 0. The number of rotatable bonds is 4. The summed E-state index contributed by atoms with van der Waals surface area (Å²) >= 11 is 0. The van der Waals surface area contributed by atoms with Crippen LogP contribution in [0.3, 0.4) is 0 Å². The minimum absolute atomic E-state index is 0.432. The van der Waals surface area contributed by atoms with E-state index in [-0.39, 0.29) is 0 Å². The first-order valence-electron chi connectivity index (χ1n) is 8.14. The van der Waals surface area contributed by atoms with Crippen molar-refractivity contribution in [2.75, 3.05) is 18.5 Å². The molecule has 1 aromatic heterocycles. The zero-order chi connectivity index (χ0) is 13.9. The first-order valence-corrected chi connectivity index (χ1v) is 8.14. The lowest BCUT2D eigenvalue weighted by Gasteiger charge is -2.27. The summed E-state index contributed by atoms with van der Waals surface area (Å²) in [6.45, 7) is 6.15. The predicted octanol–water partition coefficient (Wildman–Crippen LogP) is 3.53. The maximum absolute atomic E-state index is 5.50. The molecule has 1 N–H and O–H groups in total. The molecule has 3 rings (SSSR count). The number of hydrogen-bond donors (Lipinski definition) is 1. The van der Waals surface area contributed by atoms with Gasteiger partial charge in [-0.25, -0.2) is 4.98 Å². The highest BCUT2D eigenvalue weighted by atomic mass is 16.5. The summed E-state index contributed by atoms with van der Waals surface area (Å²) in [5, 5.41) is 3.64. The summed E-state index contributed by atoms with van der Waals surface area (Å²) in [5.41, 5.74) is 1.12. The fourth-order valence-corrected chi connectivity index (χ4v) is 3.53. The standard InChI is InChI=1S/C16H27N3O/c1-12-10-19(15-6-4-3-5-7-15)16(17-12)18-13(2)14-8-9-20-11-14/h10,13-15H,3-9,11H2,1-2H3,(H,17,18). The number of nitrogens with one attached hydrogen (secondary N) is 1. The number of imidazole rings is 1. The van der Waals surface area contributed by atoms with Crippen molar-refractivity contribution in [2.45, 2.75) is 64.5 Å². The molecule has 0 radical (unpaired) electrons. The second-order valence-electron chi connectivity index (χ2n) is 6.46. The van der Waals surface area contributed by atoms with Crippen LogP contribution in [-0.2, 0) is 4.74 Å². The SMILES string of the molecule is Cc1cn(C2CCCCC2)c(NC(C)C2CCOC2)n1. The molecule has 1 saturated heterocycles. The van der Waals surface area contributed by atoms with Crippen LogP contribution in [0, 0.1) is 12.8 Å². The van der Waals surface area contributed by atoms with Crippen molar-refractivity contribution < 1.29 is 4.74 Å². The van der Waals surface area contributed by atoms with Crippen molar-refractivity contribution in [1.29, 1.82) is 0 Å². The molecule has 2 atom stereocenters. The second-order valence-corrected chi connectivity index (χ2v) is 6.46. The van der Waals surface area contributed by atoms with Crippen LogP contribution in [0.2, 0.25) is 0 Å². The quantitative estimate of drug-likeness (QED) is 0.915. The van der Waals surface area contributed by atoms with E-state index >= 15 is 0 Å². The molecular formula is C16H27N3O. The molecule has 0 spiro atoms. The summed E-state index contributed by atoms with van der Waals surface area (Å²) < 4.78 is 7.89. The summed E-state index contributed by atoms with van der Waals surface area (Å²) in [4.78, 5) is 4.71. The Kier molecular flexibility index (Phi) is 4.29. The number of hydrogen-bond acceptors (Lipinski definition) is 3. The van der Waals surface area contributed by atoms with Crippen molar-refractivity contribution in [3.05, 3.63) is 11.9 Å². The molecule has 1 aromatic rings. The Labute approximate surface area is 121 Å². The van der Waals surface area contributed by atoms with Gasteiger partial charge in [-0.05, 0) is 33.1 Å². The van der Waals surface area contributed by atoms with E-state index in [1.165, 1.54) is 32.1 Å². The van der Waals surface area contributed by atoms with Gasteiger partial charge < -0.3 is 14.6 Å². The third-order valence-corrected chi connectivity index (χ3v) is 4.85. The zero-order valence-corrected chi connectivity index (χ0v) is 12.8. The summed E-state index contributed by atoms with van der Waals surface area (Å²) in [6.07, 6.45) is 10.1. The lowest BCUT2D eigenvalue weighted by molar-refractivity contribution is 0.183. The molecular weight excluding hydrogens is 250 g/mol. The van der Waals surface area contributed by atoms with Gasteiger partial charge in [0.05, 0.1) is 12.3 Å². The van der Waals surface area contributed by atoms with Crippen LogP contribution < -0.4 is 5.32 Å². The second kappa shape index (κ2) is 6.17. The van der Waals surface area contributed by atoms with Crippen molar-refractivity contribution >= 4 is 5.95 Å². The molecule has 1 saturated carbocycles. The molecule has 0 amide bonds. The first-order chi connectivity index (χ1) is 9.74. The highest BCUT2D eigenvalue weighted by molar-refractivity contribution is 5.31. The molecule has 112 valence electrons. The third kappa shape index (κ3) is 3.00. The number of aromatic nitrogens is 2. The molecule has 4 heteroatoms. The summed E-state index contributed by atoms with van der Waals surface area (Å²) in [6, 6.07) is 1.07. The molecule has 20 heavy (non-hydrogen) atoms. The Morgan fingerprint density at radius 2 is 2.10 bits per heavy atom. The van der Waals surface area contributed by atoms with Crippen LogP contribution in [0.1, 0.15) is 57.2 Å². The van der Waals surface area contributed by atoms with E-state index in [1.54, 1.807) is 0 Å². The first kappa shape index (κ1) is 13.9. The molecule has 1 aliphatic carbocycles. The maximum atomic E-state index is 5.50. The third-order valence-electron chi connectivity index (χ3n) is 4.85. The Balaban J connectivity index is 1.71. The predicted molar refractivity (Wildman–Crippen MR) is 81.1 cm³/mol. The largest absolute Gasteiger partial charge is 0.381 e.